The van der Waals surface area contributed by atoms with Crippen molar-refractivity contribution in [2.45, 2.75) is 52.3 Å². The third-order valence-corrected chi connectivity index (χ3v) is 2.16. The Morgan fingerprint density at radius 1 is 1.38 bits per heavy atom. The van der Waals surface area contributed by atoms with E-state index in [0.29, 0.717) is 19.3 Å². The largest absolute Gasteiger partial charge is 0.385 e. The van der Waals surface area contributed by atoms with E-state index in [1.54, 1.807) is 13.8 Å². The lowest BCUT2D eigenvalue weighted by molar-refractivity contribution is -0.390. The Morgan fingerprint density at radius 3 is 1.88 bits per heavy atom. The van der Waals surface area contributed by atoms with Gasteiger partial charge in [-0.2, -0.15) is 0 Å². The molecule has 0 radical (unpaired) electrons. The molecule has 1 fully saturated rings. The molecule has 0 aromatic heterocycles. The highest BCUT2D eigenvalue weighted by Crippen LogP contribution is 2.13. The first-order valence-corrected chi connectivity index (χ1v) is 5.76. The first-order valence-electron chi connectivity index (χ1n) is 5.76. The highest BCUT2D eigenvalue weighted by atomic mass is 16.8. The summed E-state index contributed by atoms with van der Waals surface area (Å²) in [6, 6.07) is 0. The molecule has 2 N–H and O–H groups in total. The maximum Gasteiger partial charge on any atom is 0.307 e. The average molecular weight is 236 g/mol. The predicted octanol–water partition coefficient (Wildman–Crippen LogP) is 0.881. The average Bonchev–Trinajstić information content (AvgIpc) is 2.16. The summed E-state index contributed by atoms with van der Waals surface area (Å²) in [7, 11) is 0. The van der Waals surface area contributed by atoms with E-state index in [4.69, 9.17) is 19.3 Å². The molecule has 16 heavy (non-hydrogen) atoms. The normalized spacial score (nSPS) is 21.8. The topological polar surface area (TPSA) is 68.2 Å². The second kappa shape index (κ2) is 7.97. The van der Waals surface area contributed by atoms with E-state index >= 15 is 0 Å². The van der Waals surface area contributed by atoms with Crippen LogP contribution in [0.4, 0.5) is 0 Å². The molecule has 1 saturated heterocycles. The smallest absolute Gasteiger partial charge is 0.307 e. The fourth-order valence-corrected chi connectivity index (χ4v) is 1.05. The van der Waals surface area contributed by atoms with Gasteiger partial charge in [0.1, 0.15) is 6.10 Å². The molecular formula is C11H24O5. The maximum absolute atomic E-state index is 9.39. The quantitative estimate of drug-likeness (QED) is 0.694. The van der Waals surface area contributed by atoms with Crippen molar-refractivity contribution in [2.24, 2.45) is 0 Å². The number of ether oxygens (including phenoxy) is 3. The van der Waals surface area contributed by atoms with Gasteiger partial charge in [-0.25, -0.2) is 0 Å². The number of aliphatic hydroxyl groups is 2. The van der Waals surface area contributed by atoms with Crippen LogP contribution in [-0.4, -0.2) is 48.2 Å². The summed E-state index contributed by atoms with van der Waals surface area (Å²) < 4.78 is 14.6. The highest BCUT2D eigenvalue weighted by Gasteiger charge is 2.34. The Morgan fingerprint density at radius 2 is 1.75 bits per heavy atom. The number of hydrogen-bond acceptors (Lipinski definition) is 5. The molecule has 0 aromatic carbocycles. The van der Waals surface area contributed by atoms with Crippen LogP contribution in [0, 0.1) is 0 Å². The van der Waals surface area contributed by atoms with Gasteiger partial charge in [-0.3, -0.25) is 0 Å². The van der Waals surface area contributed by atoms with Gasteiger partial charge in [-0.1, -0.05) is 0 Å². The summed E-state index contributed by atoms with van der Waals surface area (Å²) in [6.07, 6.45) is 0.775. The number of aliphatic hydroxyl groups excluding tert-OH is 1. The number of hydrogen-bond donors (Lipinski definition) is 2. The standard InChI is InChI=1S/C7H16O4.C4H8O/c1-4-10-7(9,6(3)8)11-5-2;1-4-2-3-5-4/h6,8-9H,4-5H2,1-3H3;4H,2-3H2,1H3. The summed E-state index contributed by atoms with van der Waals surface area (Å²) in [5.41, 5.74) is 0. The van der Waals surface area contributed by atoms with Gasteiger partial charge >= 0.3 is 5.97 Å². The molecule has 0 bridgehead atoms. The van der Waals surface area contributed by atoms with Gasteiger partial charge in [-0.15, -0.1) is 0 Å². The molecule has 0 saturated carbocycles. The minimum absolute atomic E-state index is 0.293. The summed E-state index contributed by atoms with van der Waals surface area (Å²) >= 11 is 0. The van der Waals surface area contributed by atoms with Crippen LogP contribution in [0.2, 0.25) is 0 Å². The molecule has 98 valence electrons. The summed E-state index contributed by atoms with van der Waals surface area (Å²) in [5.74, 6) is -1.84. The third kappa shape index (κ3) is 5.77. The fraction of sp³-hybridized carbons (Fsp3) is 1.00. The van der Waals surface area contributed by atoms with E-state index in [2.05, 4.69) is 6.92 Å². The van der Waals surface area contributed by atoms with Crippen LogP contribution in [0.15, 0.2) is 0 Å². The molecule has 0 spiro atoms. The Bertz CT molecular complexity index is 162. The molecular weight excluding hydrogens is 212 g/mol. The fourth-order valence-electron chi connectivity index (χ4n) is 1.05. The van der Waals surface area contributed by atoms with Crippen LogP contribution in [0.3, 0.4) is 0 Å². The van der Waals surface area contributed by atoms with Crippen LogP contribution in [-0.2, 0) is 14.2 Å². The lowest BCUT2D eigenvalue weighted by Gasteiger charge is -2.29. The van der Waals surface area contributed by atoms with Crippen LogP contribution in [0.25, 0.3) is 0 Å². The van der Waals surface area contributed by atoms with Gasteiger partial charge in [0.2, 0.25) is 0 Å². The Kier molecular flexibility index (Phi) is 7.87. The van der Waals surface area contributed by atoms with E-state index < -0.39 is 12.1 Å². The Balaban J connectivity index is 0.000000368. The van der Waals surface area contributed by atoms with Crippen molar-refractivity contribution < 1.29 is 24.4 Å². The van der Waals surface area contributed by atoms with Crippen molar-refractivity contribution in [3.05, 3.63) is 0 Å². The van der Waals surface area contributed by atoms with Gasteiger partial charge in [0, 0.05) is 19.8 Å². The highest BCUT2D eigenvalue weighted by molar-refractivity contribution is 4.61. The van der Waals surface area contributed by atoms with Crippen molar-refractivity contribution in [1.29, 1.82) is 0 Å². The second-order valence-corrected chi connectivity index (χ2v) is 3.64. The first kappa shape index (κ1) is 15.8. The SMILES string of the molecule is CC1CCO1.CCOC(O)(OCC)C(C)O. The Hall–Kier alpha value is -0.200. The second-order valence-electron chi connectivity index (χ2n) is 3.64. The van der Waals surface area contributed by atoms with Gasteiger partial charge < -0.3 is 24.4 Å². The van der Waals surface area contributed by atoms with E-state index in [-0.39, 0.29) is 0 Å². The molecule has 1 heterocycles. The zero-order valence-electron chi connectivity index (χ0n) is 10.6. The van der Waals surface area contributed by atoms with Crippen LogP contribution in [0.1, 0.15) is 34.1 Å². The summed E-state index contributed by atoms with van der Waals surface area (Å²) in [6.45, 7) is 8.50. The van der Waals surface area contributed by atoms with Crippen molar-refractivity contribution in [2.75, 3.05) is 19.8 Å². The minimum atomic E-state index is -1.84. The molecule has 1 aliphatic heterocycles. The van der Waals surface area contributed by atoms with E-state index in [1.165, 1.54) is 13.3 Å². The lowest BCUT2D eigenvalue weighted by atomic mass is 10.2. The van der Waals surface area contributed by atoms with Crippen molar-refractivity contribution in [1.82, 2.24) is 0 Å². The van der Waals surface area contributed by atoms with E-state index in [9.17, 15) is 5.11 Å². The lowest BCUT2D eigenvalue weighted by Crippen LogP contribution is -2.46. The zero-order chi connectivity index (χ0) is 12.6. The first-order chi connectivity index (χ1) is 7.46. The van der Waals surface area contributed by atoms with Crippen LogP contribution >= 0.6 is 0 Å². The van der Waals surface area contributed by atoms with Gasteiger partial charge in [-0.05, 0) is 34.1 Å². The number of rotatable bonds is 5. The molecule has 1 aliphatic rings. The molecule has 0 aromatic rings. The van der Waals surface area contributed by atoms with Crippen molar-refractivity contribution >= 4 is 0 Å². The monoisotopic (exact) mass is 236 g/mol. The molecule has 5 nitrogen and oxygen atoms in total. The van der Waals surface area contributed by atoms with Gasteiger partial charge in [0.15, 0.2) is 0 Å². The maximum atomic E-state index is 9.39. The predicted molar refractivity (Wildman–Crippen MR) is 59.9 cm³/mol. The molecule has 2 atom stereocenters. The molecule has 5 heteroatoms. The van der Waals surface area contributed by atoms with Crippen molar-refractivity contribution in [3.63, 3.8) is 0 Å². The van der Waals surface area contributed by atoms with Crippen LogP contribution < -0.4 is 0 Å². The zero-order valence-corrected chi connectivity index (χ0v) is 10.6. The van der Waals surface area contributed by atoms with Crippen LogP contribution in [0.5, 0.6) is 0 Å². The van der Waals surface area contributed by atoms with E-state index in [0.717, 1.165) is 6.61 Å². The van der Waals surface area contributed by atoms with Crippen molar-refractivity contribution in [3.8, 4) is 0 Å². The Labute approximate surface area is 97.3 Å². The third-order valence-electron chi connectivity index (χ3n) is 2.16. The van der Waals surface area contributed by atoms with Gasteiger partial charge in [0.05, 0.1) is 6.10 Å². The minimum Gasteiger partial charge on any atom is -0.385 e. The summed E-state index contributed by atoms with van der Waals surface area (Å²) in [4.78, 5) is 0. The summed E-state index contributed by atoms with van der Waals surface area (Å²) in [5, 5.41) is 18.4. The molecule has 1 rings (SSSR count). The molecule has 0 amide bonds. The molecule has 0 aliphatic carbocycles. The van der Waals surface area contributed by atoms with Gasteiger partial charge in [0.25, 0.3) is 0 Å². The van der Waals surface area contributed by atoms with E-state index in [1.807, 2.05) is 0 Å². The molecule has 2 unspecified atom stereocenters.